The molecule has 0 bridgehead atoms. The van der Waals surface area contributed by atoms with Crippen LogP contribution in [-0.2, 0) is 0 Å². The fraction of sp³-hybridized carbons (Fsp3) is 0.840. The molecule has 0 aliphatic heterocycles. The first-order valence-corrected chi connectivity index (χ1v) is 11.7. The summed E-state index contributed by atoms with van der Waals surface area (Å²) in [7, 11) is 0. The van der Waals surface area contributed by atoms with Crippen molar-refractivity contribution in [2.24, 2.45) is 17.3 Å². The SMILES string of the molecule is CC(C)CCCC[C@H]1CC[C@]2(CCC/C(=C\C=C3C[C@@H](O)C[C@H](O)C3)C2)C1. The highest BCUT2D eigenvalue weighted by Crippen LogP contribution is 2.53. The Bertz CT molecular complexity index is 520. The second-order valence-corrected chi connectivity index (χ2v) is 10.4. The smallest absolute Gasteiger partial charge is 0.0602 e. The summed E-state index contributed by atoms with van der Waals surface area (Å²) in [4.78, 5) is 0. The summed E-state index contributed by atoms with van der Waals surface area (Å²) in [6, 6.07) is 0. The van der Waals surface area contributed by atoms with Gasteiger partial charge in [-0.3, -0.25) is 0 Å². The number of hydrogen-bond donors (Lipinski definition) is 2. The Morgan fingerprint density at radius 2 is 1.78 bits per heavy atom. The second kappa shape index (κ2) is 9.74. The normalized spacial score (nSPS) is 36.1. The molecule has 0 saturated heterocycles. The number of aliphatic hydroxyl groups excluding tert-OH is 2. The molecule has 0 heterocycles. The molecule has 0 amide bonds. The highest BCUT2D eigenvalue weighted by Gasteiger charge is 2.40. The molecular formula is C25H42O2. The fourth-order valence-electron chi connectivity index (χ4n) is 5.98. The van der Waals surface area contributed by atoms with Gasteiger partial charge in [0.1, 0.15) is 0 Å². The molecule has 3 aliphatic rings. The Morgan fingerprint density at radius 3 is 2.52 bits per heavy atom. The van der Waals surface area contributed by atoms with Crippen LogP contribution in [0.5, 0.6) is 0 Å². The zero-order chi connectivity index (χ0) is 19.3. The highest BCUT2D eigenvalue weighted by atomic mass is 16.3. The van der Waals surface area contributed by atoms with Crippen molar-refractivity contribution >= 4 is 0 Å². The van der Waals surface area contributed by atoms with Crippen molar-refractivity contribution in [1.82, 2.24) is 0 Å². The quantitative estimate of drug-likeness (QED) is 0.534. The van der Waals surface area contributed by atoms with Crippen LogP contribution in [0.25, 0.3) is 0 Å². The molecule has 3 fully saturated rings. The molecule has 0 aromatic carbocycles. The summed E-state index contributed by atoms with van der Waals surface area (Å²) in [5, 5.41) is 19.8. The number of allylic oxidation sites excluding steroid dienone is 3. The highest BCUT2D eigenvalue weighted by molar-refractivity contribution is 5.22. The van der Waals surface area contributed by atoms with Gasteiger partial charge in [-0.1, -0.05) is 62.8 Å². The molecule has 2 N–H and O–H groups in total. The van der Waals surface area contributed by atoms with E-state index in [4.69, 9.17) is 0 Å². The Kier molecular flexibility index (Phi) is 7.62. The van der Waals surface area contributed by atoms with Crippen molar-refractivity contribution in [2.45, 2.75) is 116 Å². The molecular weight excluding hydrogens is 332 g/mol. The Morgan fingerprint density at radius 1 is 1.04 bits per heavy atom. The van der Waals surface area contributed by atoms with Gasteiger partial charge < -0.3 is 10.2 Å². The van der Waals surface area contributed by atoms with Crippen molar-refractivity contribution < 1.29 is 10.2 Å². The van der Waals surface area contributed by atoms with Crippen molar-refractivity contribution in [2.75, 3.05) is 0 Å². The van der Waals surface area contributed by atoms with Crippen LogP contribution < -0.4 is 0 Å². The minimum atomic E-state index is -0.359. The van der Waals surface area contributed by atoms with Crippen LogP contribution in [0, 0.1) is 17.3 Å². The zero-order valence-electron chi connectivity index (χ0n) is 17.8. The van der Waals surface area contributed by atoms with Gasteiger partial charge >= 0.3 is 0 Å². The summed E-state index contributed by atoms with van der Waals surface area (Å²) in [6.45, 7) is 4.68. The Balaban J connectivity index is 1.50. The van der Waals surface area contributed by atoms with Crippen molar-refractivity contribution in [3.8, 4) is 0 Å². The lowest BCUT2D eigenvalue weighted by molar-refractivity contribution is 0.0609. The zero-order valence-corrected chi connectivity index (χ0v) is 17.8. The lowest BCUT2D eigenvalue weighted by Gasteiger charge is -2.35. The average Bonchev–Trinajstić information content (AvgIpc) is 2.98. The van der Waals surface area contributed by atoms with Gasteiger partial charge in [-0.15, -0.1) is 0 Å². The predicted molar refractivity (Wildman–Crippen MR) is 114 cm³/mol. The standard InChI is InChI=1S/C25H42O2/c1-19(2)6-3-4-7-21-11-13-25(18-21)12-5-8-20(17-25)9-10-22-14-23(26)16-24(27)15-22/h9-10,19,21,23-24,26-27H,3-8,11-18H2,1-2H3/b20-9+/t21-,23+,24+,25-/m0/s1. The molecule has 3 rings (SSSR count). The summed E-state index contributed by atoms with van der Waals surface area (Å²) in [6.07, 6.45) is 21.2. The first-order chi connectivity index (χ1) is 12.9. The van der Waals surface area contributed by atoms with Crippen LogP contribution in [0.15, 0.2) is 23.3 Å². The first-order valence-electron chi connectivity index (χ1n) is 11.7. The van der Waals surface area contributed by atoms with Gasteiger partial charge in [-0.05, 0) is 81.5 Å². The Hall–Kier alpha value is -0.600. The van der Waals surface area contributed by atoms with Gasteiger partial charge in [0.05, 0.1) is 12.2 Å². The first kappa shape index (κ1) is 21.1. The van der Waals surface area contributed by atoms with Gasteiger partial charge in [0.25, 0.3) is 0 Å². The summed E-state index contributed by atoms with van der Waals surface area (Å²) in [5.74, 6) is 1.82. The second-order valence-electron chi connectivity index (χ2n) is 10.4. The van der Waals surface area contributed by atoms with E-state index < -0.39 is 0 Å². The van der Waals surface area contributed by atoms with E-state index in [1.165, 1.54) is 76.2 Å². The number of aliphatic hydroxyl groups is 2. The molecule has 0 unspecified atom stereocenters. The molecule has 3 saturated carbocycles. The third-order valence-corrected chi connectivity index (χ3v) is 7.35. The van der Waals surface area contributed by atoms with E-state index in [0.717, 1.165) is 24.7 Å². The minimum absolute atomic E-state index is 0.359. The van der Waals surface area contributed by atoms with E-state index in [9.17, 15) is 10.2 Å². The fourth-order valence-corrected chi connectivity index (χ4v) is 5.98. The third-order valence-electron chi connectivity index (χ3n) is 7.35. The van der Waals surface area contributed by atoms with Gasteiger partial charge in [0.2, 0.25) is 0 Å². The minimum Gasteiger partial charge on any atom is -0.393 e. The third kappa shape index (κ3) is 6.46. The monoisotopic (exact) mass is 374 g/mol. The maximum Gasteiger partial charge on any atom is 0.0602 e. The van der Waals surface area contributed by atoms with E-state index >= 15 is 0 Å². The van der Waals surface area contributed by atoms with E-state index in [0.29, 0.717) is 11.8 Å². The molecule has 3 aliphatic carbocycles. The van der Waals surface area contributed by atoms with Crippen LogP contribution in [0.4, 0.5) is 0 Å². The summed E-state index contributed by atoms with van der Waals surface area (Å²) >= 11 is 0. The van der Waals surface area contributed by atoms with Crippen LogP contribution in [-0.4, -0.2) is 22.4 Å². The van der Waals surface area contributed by atoms with Crippen LogP contribution in [0.1, 0.15) is 104 Å². The molecule has 154 valence electrons. The van der Waals surface area contributed by atoms with Crippen molar-refractivity contribution in [1.29, 1.82) is 0 Å². The largest absolute Gasteiger partial charge is 0.393 e. The van der Waals surface area contributed by atoms with Gasteiger partial charge in [-0.2, -0.15) is 0 Å². The number of unbranched alkanes of at least 4 members (excludes halogenated alkanes) is 1. The van der Waals surface area contributed by atoms with Crippen LogP contribution in [0.3, 0.4) is 0 Å². The predicted octanol–water partition coefficient (Wildman–Crippen LogP) is 6.32. The van der Waals surface area contributed by atoms with E-state index in [1.807, 2.05) is 0 Å². The summed E-state index contributed by atoms with van der Waals surface area (Å²) in [5.41, 5.74) is 3.43. The molecule has 1 spiro atoms. The summed E-state index contributed by atoms with van der Waals surface area (Å²) < 4.78 is 0. The van der Waals surface area contributed by atoms with Crippen molar-refractivity contribution in [3.05, 3.63) is 23.3 Å². The number of hydrogen-bond acceptors (Lipinski definition) is 2. The topological polar surface area (TPSA) is 40.5 Å². The lowest BCUT2D eigenvalue weighted by atomic mass is 9.70. The Labute approximate surface area is 167 Å². The van der Waals surface area contributed by atoms with Crippen LogP contribution >= 0.6 is 0 Å². The van der Waals surface area contributed by atoms with Crippen molar-refractivity contribution in [3.63, 3.8) is 0 Å². The maximum atomic E-state index is 9.88. The molecule has 27 heavy (non-hydrogen) atoms. The molecule has 2 heteroatoms. The van der Waals surface area contributed by atoms with Gasteiger partial charge in [0.15, 0.2) is 0 Å². The van der Waals surface area contributed by atoms with E-state index in [-0.39, 0.29) is 12.2 Å². The van der Waals surface area contributed by atoms with E-state index in [2.05, 4.69) is 26.0 Å². The molecule has 0 aromatic rings. The average molecular weight is 375 g/mol. The number of rotatable bonds is 6. The molecule has 4 atom stereocenters. The molecule has 0 radical (unpaired) electrons. The molecule has 0 aromatic heterocycles. The van der Waals surface area contributed by atoms with Gasteiger partial charge in [-0.25, -0.2) is 0 Å². The van der Waals surface area contributed by atoms with E-state index in [1.54, 1.807) is 5.57 Å². The van der Waals surface area contributed by atoms with Crippen LogP contribution in [0.2, 0.25) is 0 Å². The maximum absolute atomic E-state index is 9.88. The van der Waals surface area contributed by atoms with Gasteiger partial charge in [0, 0.05) is 0 Å². The molecule has 2 nitrogen and oxygen atoms in total. The lowest BCUT2D eigenvalue weighted by Crippen LogP contribution is -2.24.